The van der Waals surface area contributed by atoms with Crippen molar-refractivity contribution in [1.82, 2.24) is 14.5 Å². The Labute approximate surface area is 207 Å². The monoisotopic (exact) mass is 468 g/mol. The molecule has 0 aliphatic carbocycles. The lowest BCUT2D eigenvalue weighted by Gasteiger charge is -2.32. The number of nitrogens with two attached hydrogens (primary N) is 1. The van der Waals surface area contributed by atoms with Gasteiger partial charge < -0.3 is 15.0 Å². The molecule has 0 fully saturated rings. The molecule has 0 amide bonds. The number of aryl methyl sites for hydroxylation is 1. The Balaban J connectivity index is 1.75. The van der Waals surface area contributed by atoms with Gasteiger partial charge in [0.1, 0.15) is 35.7 Å². The average Bonchev–Trinajstić information content (AvgIpc) is 3.36. The third-order valence-electron chi connectivity index (χ3n) is 6.79. The minimum absolute atomic E-state index is 0.270. The van der Waals surface area contributed by atoms with Gasteiger partial charge in [0.15, 0.2) is 0 Å². The molecule has 3 aromatic carbocycles. The van der Waals surface area contributed by atoms with E-state index in [9.17, 15) is 10.5 Å². The molecule has 7 heteroatoms. The number of aromatic nitrogens is 3. The molecular weight excluding hydrogens is 448 g/mol. The van der Waals surface area contributed by atoms with Gasteiger partial charge in [0.2, 0.25) is 0 Å². The van der Waals surface area contributed by atoms with Crippen LogP contribution in [-0.4, -0.2) is 14.5 Å². The van der Waals surface area contributed by atoms with E-state index in [-0.39, 0.29) is 6.61 Å². The SMILES string of the molecule is Cn1cncc1[C@@]1(N)c2ccc(C#N)c(c2)OCc2cccc(c2)-c2cc(C#N)nc3ccc1cc23. The maximum Gasteiger partial charge on any atom is 0.141 e. The van der Waals surface area contributed by atoms with Crippen molar-refractivity contribution in [3.63, 3.8) is 0 Å². The summed E-state index contributed by atoms with van der Waals surface area (Å²) < 4.78 is 8.06. The highest BCUT2D eigenvalue weighted by molar-refractivity contribution is 5.96. The Morgan fingerprint density at radius 2 is 1.83 bits per heavy atom. The van der Waals surface area contributed by atoms with Crippen molar-refractivity contribution < 1.29 is 4.74 Å². The number of benzene rings is 3. The molecule has 1 aliphatic rings. The zero-order chi connectivity index (χ0) is 24.9. The van der Waals surface area contributed by atoms with Crippen molar-refractivity contribution in [2.24, 2.45) is 12.8 Å². The summed E-state index contributed by atoms with van der Waals surface area (Å²) in [6.07, 6.45) is 3.46. The lowest BCUT2D eigenvalue weighted by Crippen LogP contribution is -2.41. The van der Waals surface area contributed by atoms with Gasteiger partial charge in [-0.25, -0.2) is 9.97 Å². The molecule has 36 heavy (non-hydrogen) atoms. The fraction of sp³-hybridized carbons (Fsp3) is 0.103. The minimum Gasteiger partial charge on any atom is -0.488 e. The van der Waals surface area contributed by atoms with Crippen molar-refractivity contribution >= 4 is 10.9 Å². The summed E-state index contributed by atoms with van der Waals surface area (Å²) in [4.78, 5) is 8.88. The summed E-state index contributed by atoms with van der Waals surface area (Å²) in [5.41, 5.74) is 12.8. The number of nitriles is 2. The lowest BCUT2D eigenvalue weighted by molar-refractivity contribution is 0.304. The largest absolute Gasteiger partial charge is 0.488 e. The molecule has 7 nitrogen and oxygen atoms in total. The maximum absolute atomic E-state index is 9.74. The van der Waals surface area contributed by atoms with Crippen LogP contribution in [0, 0.1) is 22.7 Å². The molecule has 3 heterocycles. The number of hydrogen-bond donors (Lipinski definition) is 1. The van der Waals surface area contributed by atoms with Crippen LogP contribution in [0.15, 0.2) is 79.3 Å². The third-order valence-corrected chi connectivity index (χ3v) is 6.79. The van der Waals surface area contributed by atoms with Crippen LogP contribution < -0.4 is 10.5 Å². The number of nitrogens with zero attached hydrogens (tertiary/aromatic N) is 5. The molecule has 1 aliphatic heterocycles. The highest BCUT2D eigenvalue weighted by Gasteiger charge is 2.36. The van der Waals surface area contributed by atoms with Crippen LogP contribution in [-0.2, 0) is 19.2 Å². The van der Waals surface area contributed by atoms with Crippen LogP contribution >= 0.6 is 0 Å². The van der Waals surface area contributed by atoms with E-state index in [0.717, 1.165) is 38.9 Å². The van der Waals surface area contributed by atoms with Crippen LogP contribution in [0.3, 0.4) is 0 Å². The molecule has 6 bridgehead atoms. The van der Waals surface area contributed by atoms with E-state index in [1.807, 2.05) is 72.3 Å². The molecule has 0 spiro atoms. The number of rotatable bonds is 1. The van der Waals surface area contributed by atoms with Gasteiger partial charge in [0.05, 0.1) is 29.3 Å². The van der Waals surface area contributed by atoms with Crippen molar-refractivity contribution in [2.75, 3.05) is 0 Å². The second-order valence-electron chi connectivity index (χ2n) is 8.91. The lowest BCUT2D eigenvalue weighted by atomic mass is 9.79. The van der Waals surface area contributed by atoms with E-state index in [0.29, 0.717) is 22.5 Å². The Bertz CT molecular complexity index is 1760. The third kappa shape index (κ3) is 3.23. The average molecular weight is 469 g/mol. The highest BCUT2D eigenvalue weighted by Crippen LogP contribution is 2.40. The molecule has 0 unspecified atom stereocenters. The first-order chi connectivity index (χ1) is 17.5. The van der Waals surface area contributed by atoms with E-state index in [1.165, 1.54) is 0 Å². The quantitative estimate of drug-likeness (QED) is 0.387. The first-order valence-electron chi connectivity index (χ1n) is 11.4. The van der Waals surface area contributed by atoms with Crippen LogP contribution in [0.1, 0.15) is 33.6 Å². The summed E-state index contributed by atoms with van der Waals surface area (Å²) in [7, 11) is 1.90. The Morgan fingerprint density at radius 3 is 2.61 bits per heavy atom. The first kappa shape index (κ1) is 21.5. The summed E-state index contributed by atoms with van der Waals surface area (Å²) in [5, 5.41) is 20.3. The number of ether oxygens (including phenoxy) is 1. The predicted molar refractivity (Wildman–Crippen MR) is 135 cm³/mol. The minimum atomic E-state index is -1.11. The predicted octanol–water partition coefficient (Wildman–Crippen LogP) is 4.52. The van der Waals surface area contributed by atoms with E-state index in [4.69, 9.17) is 10.5 Å². The van der Waals surface area contributed by atoms with Gasteiger partial charge in [-0.3, -0.25) is 0 Å². The van der Waals surface area contributed by atoms with Crippen molar-refractivity contribution in [3.05, 3.63) is 113 Å². The van der Waals surface area contributed by atoms with Gasteiger partial charge >= 0.3 is 0 Å². The van der Waals surface area contributed by atoms with Gasteiger partial charge in [-0.15, -0.1) is 0 Å². The second kappa shape index (κ2) is 8.06. The topological polar surface area (TPSA) is 114 Å². The summed E-state index contributed by atoms with van der Waals surface area (Å²) in [6, 6.07) is 25.5. The molecule has 0 saturated carbocycles. The molecule has 5 aromatic rings. The van der Waals surface area contributed by atoms with Crippen molar-refractivity contribution in [2.45, 2.75) is 12.1 Å². The highest BCUT2D eigenvalue weighted by atomic mass is 16.5. The Kier molecular flexibility index (Phi) is 4.82. The van der Waals surface area contributed by atoms with Crippen molar-refractivity contribution in [1.29, 1.82) is 10.5 Å². The first-order valence-corrected chi connectivity index (χ1v) is 11.4. The number of pyridine rings is 1. The Morgan fingerprint density at radius 1 is 1.00 bits per heavy atom. The van der Waals surface area contributed by atoms with Gasteiger partial charge in [0, 0.05) is 12.4 Å². The molecule has 1 atom stereocenters. The van der Waals surface area contributed by atoms with Gasteiger partial charge in [-0.05, 0) is 64.2 Å². The number of fused-ring (bicyclic) bond motifs is 6. The normalized spacial score (nSPS) is 16.2. The second-order valence-corrected chi connectivity index (χ2v) is 8.91. The van der Waals surface area contributed by atoms with Crippen molar-refractivity contribution in [3.8, 4) is 29.0 Å². The molecule has 2 N–H and O–H groups in total. The summed E-state index contributed by atoms with van der Waals surface area (Å²) in [5.74, 6) is 0.462. The van der Waals surface area contributed by atoms with Crippen LogP contribution in [0.5, 0.6) is 5.75 Å². The van der Waals surface area contributed by atoms with E-state index < -0.39 is 5.54 Å². The van der Waals surface area contributed by atoms with Gasteiger partial charge in [-0.2, -0.15) is 10.5 Å². The van der Waals surface area contributed by atoms with E-state index >= 15 is 0 Å². The standard InChI is InChI=1S/C29H20N6O/c1-35-17-33-15-28(35)29(32)21-7-8-26-25(10-21)24(12-23(14-31)34-26)19-4-2-3-18(9-19)16-36-27-11-22(29)6-5-20(27)13-30/h2-12,15,17H,16,32H2,1H3/t29-/m0/s1. The number of imidazole rings is 1. The maximum atomic E-state index is 9.74. The van der Waals surface area contributed by atoms with Crippen LogP contribution in [0.2, 0.25) is 0 Å². The molecule has 172 valence electrons. The van der Waals surface area contributed by atoms with E-state index in [2.05, 4.69) is 22.1 Å². The van der Waals surface area contributed by atoms with Crippen LogP contribution in [0.4, 0.5) is 0 Å². The molecule has 0 radical (unpaired) electrons. The molecular formula is C29H20N6O. The molecule has 2 aromatic heterocycles. The smallest absolute Gasteiger partial charge is 0.141 e. The summed E-state index contributed by atoms with van der Waals surface area (Å²) >= 11 is 0. The van der Waals surface area contributed by atoms with Crippen LogP contribution in [0.25, 0.3) is 22.0 Å². The fourth-order valence-electron chi connectivity index (χ4n) is 4.94. The van der Waals surface area contributed by atoms with E-state index in [1.54, 1.807) is 18.6 Å². The van der Waals surface area contributed by atoms with Gasteiger partial charge in [-0.1, -0.05) is 30.3 Å². The zero-order valence-corrected chi connectivity index (χ0v) is 19.4. The zero-order valence-electron chi connectivity index (χ0n) is 19.4. The Hall–Kier alpha value is -4.98. The van der Waals surface area contributed by atoms with Gasteiger partial charge in [0.25, 0.3) is 0 Å². The molecule has 0 saturated heterocycles. The molecule has 6 rings (SSSR count). The summed E-state index contributed by atoms with van der Waals surface area (Å²) in [6.45, 7) is 0.270. The fourth-order valence-corrected chi connectivity index (χ4v) is 4.94. The number of hydrogen-bond acceptors (Lipinski definition) is 6.